The average molecular weight is 372 g/mol. The van der Waals surface area contributed by atoms with Crippen molar-refractivity contribution in [3.63, 3.8) is 0 Å². The van der Waals surface area contributed by atoms with Crippen molar-refractivity contribution in [3.05, 3.63) is 46.4 Å². The number of hydrogen-bond donors (Lipinski definition) is 2. The van der Waals surface area contributed by atoms with Crippen molar-refractivity contribution in [2.24, 2.45) is 0 Å². The van der Waals surface area contributed by atoms with Crippen LogP contribution in [0.25, 0.3) is 11.5 Å². The summed E-state index contributed by atoms with van der Waals surface area (Å²) in [7, 11) is 0. The van der Waals surface area contributed by atoms with Crippen LogP contribution in [0.3, 0.4) is 0 Å². The van der Waals surface area contributed by atoms with Crippen LogP contribution in [0.4, 0.5) is 0 Å². The molecule has 8 heteroatoms. The zero-order valence-electron chi connectivity index (χ0n) is 15.5. The van der Waals surface area contributed by atoms with Crippen LogP contribution in [0.5, 0.6) is 0 Å². The number of nitrogens with zero attached hydrogens (tertiary/aromatic N) is 2. The maximum absolute atomic E-state index is 12.7. The molecule has 2 amide bonds. The fourth-order valence-corrected chi connectivity index (χ4v) is 3.07. The van der Waals surface area contributed by atoms with E-state index in [2.05, 4.69) is 10.3 Å². The molecule has 2 aromatic heterocycles. The van der Waals surface area contributed by atoms with Crippen LogP contribution in [-0.4, -0.2) is 65.4 Å². The van der Waals surface area contributed by atoms with Gasteiger partial charge in [0.05, 0.1) is 18.5 Å². The van der Waals surface area contributed by atoms with Crippen molar-refractivity contribution in [1.82, 2.24) is 20.1 Å². The van der Waals surface area contributed by atoms with Crippen LogP contribution in [0, 0.1) is 0 Å². The van der Waals surface area contributed by atoms with Crippen LogP contribution in [0.15, 0.2) is 39.7 Å². The number of carbonyl (C=O) groups is 2. The van der Waals surface area contributed by atoms with Crippen LogP contribution in [0.1, 0.15) is 24.2 Å². The Hall–Kier alpha value is -2.87. The molecule has 8 nitrogen and oxygen atoms in total. The number of hydrogen-bond acceptors (Lipinski definition) is 5. The average Bonchev–Trinajstić information content (AvgIpc) is 3.15. The molecule has 2 N–H and O–H groups in total. The molecule has 0 radical (unpaired) electrons. The Balaban J connectivity index is 1.59. The van der Waals surface area contributed by atoms with E-state index in [-0.39, 0.29) is 23.4 Å². The fourth-order valence-electron chi connectivity index (χ4n) is 3.07. The van der Waals surface area contributed by atoms with E-state index in [0.717, 1.165) is 0 Å². The van der Waals surface area contributed by atoms with E-state index in [1.807, 2.05) is 18.7 Å². The predicted molar refractivity (Wildman–Crippen MR) is 100 cm³/mol. The Morgan fingerprint density at radius 1 is 1.19 bits per heavy atom. The highest BCUT2D eigenvalue weighted by Gasteiger charge is 2.25. The monoisotopic (exact) mass is 372 g/mol. The predicted octanol–water partition coefficient (Wildman–Crippen LogP) is 0.917. The molecule has 0 spiro atoms. The van der Waals surface area contributed by atoms with E-state index in [1.165, 1.54) is 12.3 Å². The van der Waals surface area contributed by atoms with Gasteiger partial charge < -0.3 is 19.6 Å². The van der Waals surface area contributed by atoms with Crippen LogP contribution >= 0.6 is 0 Å². The normalized spacial score (nSPS) is 15.1. The quantitative estimate of drug-likeness (QED) is 0.813. The molecule has 0 saturated carbocycles. The molecule has 2 aromatic rings. The molecular weight excluding hydrogens is 348 g/mol. The van der Waals surface area contributed by atoms with Gasteiger partial charge in [-0.1, -0.05) is 0 Å². The van der Waals surface area contributed by atoms with Crippen molar-refractivity contribution in [2.75, 3.05) is 32.7 Å². The lowest BCUT2D eigenvalue weighted by atomic mass is 10.2. The van der Waals surface area contributed by atoms with E-state index in [1.54, 1.807) is 23.1 Å². The Morgan fingerprint density at radius 2 is 1.93 bits per heavy atom. The number of carbonyl (C=O) groups excluding carboxylic acids is 2. The highest BCUT2D eigenvalue weighted by molar-refractivity contribution is 5.94. The van der Waals surface area contributed by atoms with Gasteiger partial charge in [-0.25, -0.2) is 0 Å². The van der Waals surface area contributed by atoms with Gasteiger partial charge in [0, 0.05) is 32.2 Å². The molecule has 144 valence electrons. The van der Waals surface area contributed by atoms with Gasteiger partial charge in [-0.3, -0.25) is 19.3 Å². The Labute approximate surface area is 157 Å². The maximum Gasteiger partial charge on any atom is 0.261 e. The molecule has 1 aliphatic heterocycles. The summed E-state index contributed by atoms with van der Waals surface area (Å²) in [6, 6.07) is 6.77. The fraction of sp³-hybridized carbons (Fsp3) is 0.421. The molecule has 27 heavy (non-hydrogen) atoms. The van der Waals surface area contributed by atoms with Crippen molar-refractivity contribution < 1.29 is 14.0 Å². The maximum atomic E-state index is 12.7. The Bertz CT molecular complexity index is 849. The second-order valence-corrected chi connectivity index (χ2v) is 6.88. The summed E-state index contributed by atoms with van der Waals surface area (Å²) in [6.45, 7) is 6.31. The first kappa shape index (κ1) is 18.9. The second-order valence-electron chi connectivity index (χ2n) is 6.88. The number of rotatable bonds is 5. The number of piperazine rings is 1. The lowest BCUT2D eigenvalue weighted by Gasteiger charge is -2.34. The number of furan rings is 1. The smallest absolute Gasteiger partial charge is 0.261 e. The van der Waals surface area contributed by atoms with Crippen molar-refractivity contribution in [3.8, 4) is 11.5 Å². The third kappa shape index (κ3) is 4.65. The first-order valence-electron chi connectivity index (χ1n) is 9.02. The summed E-state index contributed by atoms with van der Waals surface area (Å²) >= 11 is 0. The van der Waals surface area contributed by atoms with Gasteiger partial charge in [-0.15, -0.1) is 0 Å². The molecule has 1 aliphatic rings. The summed E-state index contributed by atoms with van der Waals surface area (Å²) in [5, 5.41) is 2.86. The SMILES string of the molecule is CC(C)NC(=O)CN1CCN(C(=O)c2ccc(-c3ccco3)[nH]c2=O)CC1. The first-order valence-corrected chi connectivity index (χ1v) is 9.02. The minimum atomic E-state index is -0.437. The van der Waals surface area contributed by atoms with Crippen molar-refractivity contribution in [1.29, 1.82) is 0 Å². The molecule has 0 atom stereocenters. The minimum absolute atomic E-state index is 0.0188. The summed E-state index contributed by atoms with van der Waals surface area (Å²) < 4.78 is 5.25. The van der Waals surface area contributed by atoms with Crippen LogP contribution in [0.2, 0.25) is 0 Å². The van der Waals surface area contributed by atoms with Crippen molar-refractivity contribution >= 4 is 11.8 Å². The van der Waals surface area contributed by atoms with Gasteiger partial charge in [0.1, 0.15) is 11.3 Å². The van der Waals surface area contributed by atoms with E-state index >= 15 is 0 Å². The molecule has 3 heterocycles. The summed E-state index contributed by atoms with van der Waals surface area (Å²) in [6.07, 6.45) is 1.52. The lowest BCUT2D eigenvalue weighted by molar-refractivity contribution is -0.123. The van der Waals surface area contributed by atoms with Crippen LogP contribution in [-0.2, 0) is 4.79 Å². The Kier molecular flexibility index (Phi) is 5.75. The number of pyridine rings is 1. The van der Waals surface area contributed by atoms with Gasteiger partial charge in [-0.2, -0.15) is 0 Å². The van der Waals surface area contributed by atoms with E-state index in [0.29, 0.717) is 44.2 Å². The molecule has 1 saturated heterocycles. The first-order chi connectivity index (χ1) is 12.9. The largest absolute Gasteiger partial charge is 0.463 e. The minimum Gasteiger partial charge on any atom is -0.463 e. The molecular formula is C19H24N4O4. The van der Waals surface area contributed by atoms with Gasteiger partial charge in [0.2, 0.25) is 5.91 Å². The van der Waals surface area contributed by atoms with Gasteiger partial charge in [0.15, 0.2) is 0 Å². The van der Waals surface area contributed by atoms with Crippen LogP contribution < -0.4 is 10.9 Å². The standard InChI is InChI=1S/C19H24N4O4/c1-13(2)20-17(24)12-22-7-9-23(10-8-22)19(26)14-5-6-15(21-18(14)25)16-4-3-11-27-16/h3-6,11,13H,7-10,12H2,1-2H3,(H,20,24)(H,21,25). The summed E-state index contributed by atoms with van der Waals surface area (Å²) in [4.78, 5) is 43.2. The van der Waals surface area contributed by atoms with E-state index < -0.39 is 5.56 Å². The molecule has 3 rings (SSSR count). The topological polar surface area (TPSA) is 98.7 Å². The number of amides is 2. The molecule has 0 aliphatic carbocycles. The highest BCUT2D eigenvalue weighted by Crippen LogP contribution is 2.16. The Morgan fingerprint density at radius 3 is 2.52 bits per heavy atom. The number of nitrogens with one attached hydrogen (secondary N) is 2. The zero-order chi connectivity index (χ0) is 19.4. The highest BCUT2D eigenvalue weighted by atomic mass is 16.3. The third-order valence-corrected chi connectivity index (χ3v) is 4.40. The van der Waals surface area contributed by atoms with Gasteiger partial charge in [0.25, 0.3) is 11.5 Å². The van der Waals surface area contributed by atoms with E-state index in [9.17, 15) is 14.4 Å². The lowest BCUT2D eigenvalue weighted by Crippen LogP contribution is -2.52. The zero-order valence-corrected chi connectivity index (χ0v) is 15.5. The molecule has 0 bridgehead atoms. The molecule has 0 aromatic carbocycles. The number of H-pyrrole nitrogens is 1. The number of aromatic amines is 1. The van der Waals surface area contributed by atoms with Gasteiger partial charge in [-0.05, 0) is 38.1 Å². The summed E-state index contributed by atoms with van der Waals surface area (Å²) in [5.74, 6) is 0.225. The molecule has 0 unspecified atom stereocenters. The second kappa shape index (κ2) is 8.22. The van der Waals surface area contributed by atoms with Crippen molar-refractivity contribution in [2.45, 2.75) is 19.9 Å². The summed E-state index contributed by atoms with van der Waals surface area (Å²) in [5.41, 5.74) is 0.200. The molecule has 1 fully saturated rings. The van der Waals surface area contributed by atoms with E-state index in [4.69, 9.17) is 4.42 Å². The van der Waals surface area contributed by atoms with Gasteiger partial charge >= 0.3 is 0 Å². The third-order valence-electron chi connectivity index (χ3n) is 4.40. The number of aromatic nitrogens is 1.